The summed E-state index contributed by atoms with van der Waals surface area (Å²) in [5, 5.41) is 2.98. The zero-order valence-corrected chi connectivity index (χ0v) is 14.7. The zero-order chi connectivity index (χ0) is 17.8. The summed E-state index contributed by atoms with van der Waals surface area (Å²) >= 11 is 0. The van der Waals surface area contributed by atoms with E-state index in [1.165, 1.54) is 22.3 Å². The second-order valence-corrected chi connectivity index (χ2v) is 6.92. The van der Waals surface area contributed by atoms with E-state index in [0.29, 0.717) is 12.3 Å². The number of anilines is 1. The van der Waals surface area contributed by atoms with Crippen LogP contribution in [0.4, 0.5) is 5.69 Å². The van der Waals surface area contributed by atoms with Crippen LogP contribution in [0.2, 0.25) is 0 Å². The van der Waals surface area contributed by atoms with Crippen molar-refractivity contribution in [1.29, 1.82) is 0 Å². The van der Waals surface area contributed by atoms with Crippen LogP contribution in [-0.2, 0) is 24.1 Å². The van der Waals surface area contributed by atoms with Gasteiger partial charge in [0.05, 0.1) is 0 Å². The fraction of sp³-hybridized carbons (Fsp3) is 0.217. The molecular weight excluding hydrogens is 320 g/mol. The molecule has 2 heterocycles. The van der Waals surface area contributed by atoms with Crippen molar-refractivity contribution in [2.45, 2.75) is 31.6 Å². The highest BCUT2D eigenvalue weighted by Crippen LogP contribution is 2.30. The van der Waals surface area contributed by atoms with Gasteiger partial charge in [-0.15, -0.1) is 0 Å². The molecule has 3 aromatic rings. The predicted molar refractivity (Wildman–Crippen MR) is 104 cm³/mol. The average molecular weight is 342 g/mol. The number of carbonyl (C=O) groups excluding carboxylic acids is 1. The van der Waals surface area contributed by atoms with Crippen LogP contribution in [0.5, 0.6) is 0 Å². The van der Waals surface area contributed by atoms with E-state index < -0.39 is 0 Å². The van der Waals surface area contributed by atoms with Crippen molar-refractivity contribution < 1.29 is 4.79 Å². The third kappa shape index (κ3) is 3.83. The van der Waals surface area contributed by atoms with Crippen LogP contribution in [-0.4, -0.2) is 10.9 Å². The van der Waals surface area contributed by atoms with Crippen LogP contribution in [0.25, 0.3) is 0 Å². The van der Waals surface area contributed by atoms with Crippen LogP contribution >= 0.6 is 0 Å². The Labute approximate surface area is 154 Å². The van der Waals surface area contributed by atoms with E-state index in [9.17, 15) is 4.79 Å². The number of fused-ring (bicyclic) bond motifs is 1. The van der Waals surface area contributed by atoms with Gasteiger partial charge in [-0.25, -0.2) is 0 Å². The number of hydrogen-bond donors (Lipinski definition) is 1. The van der Waals surface area contributed by atoms with Gasteiger partial charge in [-0.3, -0.25) is 9.78 Å². The topological polar surface area (TPSA) is 42.0 Å². The van der Waals surface area contributed by atoms with Gasteiger partial charge in [-0.1, -0.05) is 48.5 Å². The molecule has 130 valence electrons. The molecule has 1 N–H and O–H groups in total. The Kier molecular flexibility index (Phi) is 4.78. The third-order valence-electron chi connectivity index (χ3n) is 5.03. The fourth-order valence-corrected chi connectivity index (χ4v) is 3.67. The number of aryl methyl sites for hydroxylation is 1. The van der Waals surface area contributed by atoms with E-state index in [1.54, 1.807) is 0 Å². The molecule has 0 bridgehead atoms. The number of benzene rings is 2. The van der Waals surface area contributed by atoms with E-state index >= 15 is 0 Å². The average Bonchev–Trinajstić information content (AvgIpc) is 2.69. The summed E-state index contributed by atoms with van der Waals surface area (Å²) in [6.45, 7) is 0. The first-order valence-electron chi connectivity index (χ1n) is 9.13. The fourth-order valence-electron chi connectivity index (χ4n) is 3.67. The molecule has 3 nitrogen and oxygen atoms in total. The minimum atomic E-state index is 0.112. The standard InChI is InChI=1S/C23H22N2O/c26-23-11-9-20-15-19(8-10-22(20)25-23)21(13-17-5-2-1-3-6-17)14-18-7-4-12-24-16-18/h1-8,10,12,15-16,21H,9,11,13-14H2,(H,25,26). The molecular formula is C23H22N2O. The number of hydrogen-bond acceptors (Lipinski definition) is 2. The molecule has 1 amide bonds. The molecule has 0 saturated carbocycles. The Morgan fingerprint density at radius 2 is 1.73 bits per heavy atom. The van der Waals surface area contributed by atoms with Crippen LogP contribution in [0, 0.1) is 0 Å². The maximum absolute atomic E-state index is 11.6. The lowest BCUT2D eigenvalue weighted by atomic mass is 9.85. The van der Waals surface area contributed by atoms with Crippen LogP contribution in [0.15, 0.2) is 73.1 Å². The molecule has 3 heteroatoms. The second-order valence-electron chi connectivity index (χ2n) is 6.92. The van der Waals surface area contributed by atoms with E-state index in [-0.39, 0.29) is 5.91 Å². The minimum Gasteiger partial charge on any atom is -0.326 e. The van der Waals surface area contributed by atoms with Crippen molar-refractivity contribution in [2.24, 2.45) is 0 Å². The molecule has 0 radical (unpaired) electrons. The van der Waals surface area contributed by atoms with Gasteiger partial charge in [-0.05, 0) is 59.6 Å². The molecule has 4 rings (SSSR count). The zero-order valence-electron chi connectivity index (χ0n) is 14.7. The van der Waals surface area contributed by atoms with Crippen molar-refractivity contribution in [2.75, 3.05) is 5.32 Å². The number of carbonyl (C=O) groups is 1. The smallest absolute Gasteiger partial charge is 0.224 e. The Morgan fingerprint density at radius 3 is 2.54 bits per heavy atom. The molecule has 0 aliphatic carbocycles. The number of amides is 1. The van der Waals surface area contributed by atoms with E-state index in [4.69, 9.17) is 0 Å². The number of nitrogens with zero attached hydrogens (tertiary/aromatic N) is 1. The summed E-state index contributed by atoms with van der Waals surface area (Å²) in [6, 6.07) is 21.3. The summed E-state index contributed by atoms with van der Waals surface area (Å²) in [4.78, 5) is 15.9. The lowest BCUT2D eigenvalue weighted by molar-refractivity contribution is -0.116. The van der Waals surface area contributed by atoms with E-state index in [2.05, 4.69) is 64.9 Å². The second kappa shape index (κ2) is 7.52. The summed E-state index contributed by atoms with van der Waals surface area (Å²) in [7, 11) is 0. The number of pyridine rings is 1. The number of rotatable bonds is 5. The molecule has 1 aliphatic rings. The summed E-state index contributed by atoms with van der Waals surface area (Å²) in [5.41, 5.74) is 6.12. The van der Waals surface area contributed by atoms with Gasteiger partial charge in [0.1, 0.15) is 0 Å². The Balaban J connectivity index is 1.64. The van der Waals surface area contributed by atoms with Crippen molar-refractivity contribution >= 4 is 11.6 Å². The molecule has 0 spiro atoms. The van der Waals surface area contributed by atoms with Crippen LogP contribution in [0.3, 0.4) is 0 Å². The van der Waals surface area contributed by atoms with Crippen LogP contribution in [0.1, 0.15) is 34.6 Å². The lowest BCUT2D eigenvalue weighted by Gasteiger charge is -2.22. The van der Waals surface area contributed by atoms with Crippen molar-refractivity contribution in [3.05, 3.63) is 95.3 Å². The highest BCUT2D eigenvalue weighted by molar-refractivity contribution is 5.93. The number of aromatic nitrogens is 1. The highest BCUT2D eigenvalue weighted by Gasteiger charge is 2.19. The molecule has 26 heavy (non-hydrogen) atoms. The van der Waals surface area contributed by atoms with Crippen molar-refractivity contribution in [3.8, 4) is 0 Å². The van der Waals surface area contributed by atoms with Gasteiger partial charge in [0, 0.05) is 24.5 Å². The van der Waals surface area contributed by atoms with Gasteiger partial charge in [0.25, 0.3) is 0 Å². The lowest BCUT2D eigenvalue weighted by Crippen LogP contribution is -2.19. The molecule has 1 aromatic heterocycles. The first-order valence-corrected chi connectivity index (χ1v) is 9.13. The van der Waals surface area contributed by atoms with Gasteiger partial charge in [0.2, 0.25) is 5.91 Å². The maximum Gasteiger partial charge on any atom is 0.224 e. The van der Waals surface area contributed by atoms with E-state index in [1.807, 2.05) is 18.5 Å². The van der Waals surface area contributed by atoms with E-state index in [0.717, 1.165) is 24.9 Å². The molecule has 0 fully saturated rings. The SMILES string of the molecule is O=C1CCc2cc(C(Cc3ccccc3)Cc3cccnc3)ccc2N1. The first kappa shape index (κ1) is 16.5. The summed E-state index contributed by atoms with van der Waals surface area (Å²) < 4.78 is 0. The first-order chi connectivity index (χ1) is 12.8. The Bertz CT molecular complexity index is 849. The molecule has 1 aliphatic heterocycles. The molecule has 1 atom stereocenters. The normalized spacial score (nSPS) is 14.4. The number of nitrogens with one attached hydrogen (secondary N) is 1. The highest BCUT2D eigenvalue weighted by atomic mass is 16.1. The summed E-state index contributed by atoms with van der Waals surface area (Å²) in [5.74, 6) is 0.492. The molecule has 1 unspecified atom stereocenters. The monoisotopic (exact) mass is 342 g/mol. The van der Waals surface area contributed by atoms with Gasteiger partial charge in [-0.2, -0.15) is 0 Å². The molecule has 2 aromatic carbocycles. The van der Waals surface area contributed by atoms with Crippen molar-refractivity contribution in [3.63, 3.8) is 0 Å². The third-order valence-corrected chi connectivity index (χ3v) is 5.03. The Hall–Kier alpha value is -2.94. The van der Waals surface area contributed by atoms with Gasteiger partial charge < -0.3 is 5.32 Å². The largest absolute Gasteiger partial charge is 0.326 e. The van der Waals surface area contributed by atoms with Crippen molar-refractivity contribution in [1.82, 2.24) is 4.98 Å². The predicted octanol–water partition coefficient (Wildman–Crippen LogP) is 4.54. The van der Waals surface area contributed by atoms with Gasteiger partial charge in [0.15, 0.2) is 0 Å². The van der Waals surface area contributed by atoms with Crippen LogP contribution < -0.4 is 5.32 Å². The molecule has 0 saturated heterocycles. The maximum atomic E-state index is 11.6. The van der Waals surface area contributed by atoms with Gasteiger partial charge >= 0.3 is 0 Å². The summed E-state index contributed by atoms with van der Waals surface area (Å²) in [6.07, 6.45) is 7.10. The quantitative estimate of drug-likeness (QED) is 0.740. The Morgan fingerprint density at radius 1 is 0.923 bits per heavy atom. The minimum absolute atomic E-state index is 0.112.